The fourth-order valence-electron chi connectivity index (χ4n) is 2.93. The maximum atomic E-state index is 12.3. The summed E-state index contributed by atoms with van der Waals surface area (Å²) >= 11 is 1.53. The Kier molecular flexibility index (Phi) is 4.84. The van der Waals surface area contributed by atoms with Gasteiger partial charge in [0.15, 0.2) is 0 Å². The molecule has 136 valence electrons. The van der Waals surface area contributed by atoms with Crippen molar-refractivity contribution in [2.75, 3.05) is 16.8 Å². The van der Waals surface area contributed by atoms with E-state index in [-0.39, 0.29) is 12.0 Å². The SMILES string of the molecule is O=C(Cc1cccs1)Nc1cc(N2CC(c3ccccc3)OC2=O)ccn1. The number of cyclic esters (lactones) is 1. The molecule has 0 aliphatic carbocycles. The molecule has 0 radical (unpaired) electrons. The number of carbonyl (C=O) groups excluding carboxylic acids is 2. The third-order valence-corrected chi connectivity index (χ3v) is 5.10. The van der Waals surface area contributed by atoms with Crippen molar-refractivity contribution >= 4 is 34.8 Å². The number of hydrogen-bond donors (Lipinski definition) is 1. The van der Waals surface area contributed by atoms with E-state index in [4.69, 9.17) is 4.74 Å². The molecule has 4 rings (SSSR count). The standard InChI is InChI=1S/C20H17N3O3S/c24-19(12-16-7-4-10-27-16)22-18-11-15(8-9-21-18)23-13-17(26-20(23)25)14-5-2-1-3-6-14/h1-11,17H,12-13H2,(H,21,22,24). The van der Waals surface area contributed by atoms with Gasteiger partial charge in [0.2, 0.25) is 5.91 Å². The van der Waals surface area contributed by atoms with Gasteiger partial charge in [0.25, 0.3) is 0 Å². The van der Waals surface area contributed by atoms with Crippen molar-refractivity contribution in [2.24, 2.45) is 0 Å². The number of rotatable bonds is 5. The molecule has 1 aliphatic heterocycles. The molecule has 2 amide bonds. The molecule has 3 aromatic rings. The predicted molar refractivity (Wildman–Crippen MR) is 104 cm³/mol. The first-order chi connectivity index (χ1) is 13.2. The van der Waals surface area contributed by atoms with Gasteiger partial charge in [0.1, 0.15) is 11.9 Å². The number of nitrogens with zero attached hydrogens (tertiary/aromatic N) is 2. The first kappa shape index (κ1) is 17.2. The monoisotopic (exact) mass is 379 g/mol. The minimum Gasteiger partial charge on any atom is -0.439 e. The zero-order valence-corrected chi connectivity index (χ0v) is 15.2. The lowest BCUT2D eigenvalue weighted by Gasteiger charge is -2.14. The lowest BCUT2D eigenvalue weighted by Crippen LogP contribution is -2.24. The summed E-state index contributed by atoms with van der Waals surface area (Å²) < 4.78 is 5.49. The van der Waals surface area contributed by atoms with E-state index in [0.29, 0.717) is 24.5 Å². The van der Waals surface area contributed by atoms with Gasteiger partial charge in [0, 0.05) is 17.1 Å². The highest BCUT2D eigenvalue weighted by Crippen LogP contribution is 2.30. The van der Waals surface area contributed by atoms with Crippen LogP contribution in [0.5, 0.6) is 0 Å². The van der Waals surface area contributed by atoms with Crippen molar-refractivity contribution in [3.05, 3.63) is 76.6 Å². The van der Waals surface area contributed by atoms with Gasteiger partial charge >= 0.3 is 6.09 Å². The number of benzene rings is 1. The van der Waals surface area contributed by atoms with Crippen LogP contribution in [0.25, 0.3) is 0 Å². The Bertz CT molecular complexity index is 944. The van der Waals surface area contributed by atoms with Crippen molar-refractivity contribution in [2.45, 2.75) is 12.5 Å². The van der Waals surface area contributed by atoms with Crippen molar-refractivity contribution < 1.29 is 14.3 Å². The Morgan fingerprint density at radius 2 is 2.07 bits per heavy atom. The average Bonchev–Trinajstić information content (AvgIpc) is 3.32. The van der Waals surface area contributed by atoms with Crippen LogP contribution in [0.1, 0.15) is 16.5 Å². The molecule has 0 saturated carbocycles. The number of anilines is 2. The lowest BCUT2D eigenvalue weighted by atomic mass is 10.1. The fourth-order valence-corrected chi connectivity index (χ4v) is 3.63. The van der Waals surface area contributed by atoms with Crippen molar-refractivity contribution in [1.29, 1.82) is 0 Å². The molecular formula is C20H17N3O3S. The van der Waals surface area contributed by atoms with Gasteiger partial charge in [0.05, 0.1) is 18.7 Å². The summed E-state index contributed by atoms with van der Waals surface area (Å²) in [6.45, 7) is 0.412. The minimum atomic E-state index is -0.411. The van der Waals surface area contributed by atoms with Gasteiger partial charge < -0.3 is 10.1 Å². The summed E-state index contributed by atoms with van der Waals surface area (Å²) in [6.07, 6.45) is 1.14. The lowest BCUT2D eigenvalue weighted by molar-refractivity contribution is -0.115. The smallest absolute Gasteiger partial charge is 0.415 e. The molecule has 1 saturated heterocycles. The minimum absolute atomic E-state index is 0.145. The molecule has 1 fully saturated rings. The Morgan fingerprint density at radius 3 is 2.85 bits per heavy atom. The zero-order chi connectivity index (χ0) is 18.6. The molecule has 6 nitrogen and oxygen atoms in total. The molecular weight excluding hydrogens is 362 g/mol. The van der Waals surface area contributed by atoms with Crippen LogP contribution in [-0.4, -0.2) is 23.5 Å². The van der Waals surface area contributed by atoms with Crippen molar-refractivity contribution in [3.63, 3.8) is 0 Å². The maximum absolute atomic E-state index is 12.3. The van der Waals surface area contributed by atoms with E-state index < -0.39 is 6.09 Å². The van der Waals surface area contributed by atoms with E-state index in [1.807, 2.05) is 47.8 Å². The second-order valence-corrected chi connectivity index (χ2v) is 7.13. The Labute approximate surface area is 160 Å². The van der Waals surface area contributed by atoms with E-state index in [1.54, 1.807) is 23.2 Å². The van der Waals surface area contributed by atoms with Crippen LogP contribution in [0.15, 0.2) is 66.2 Å². The molecule has 7 heteroatoms. The third-order valence-electron chi connectivity index (χ3n) is 4.22. The van der Waals surface area contributed by atoms with E-state index in [0.717, 1.165) is 10.4 Å². The number of ether oxygens (including phenoxy) is 1. The number of aromatic nitrogens is 1. The summed E-state index contributed by atoms with van der Waals surface area (Å²) in [5.74, 6) is 0.262. The van der Waals surface area contributed by atoms with Crippen LogP contribution in [0.3, 0.4) is 0 Å². The molecule has 1 aromatic carbocycles. The highest BCUT2D eigenvalue weighted by atomic mass is 32.1. The number of pyridine rings is 1. The molecule has 1 atom stereocenters. The zero-order valence-electron chi connectivity index (χ0n) is 14.4. The van der Waals surface area contributed by atoms with Crippen molar-refractivity contribution in [3.8, 4) is 0 Å². The highest BCUT2D eigenvalue weighted by molar-refractivity contribution is 7.10. The topological polar surface area (TPSA) is 71.5 Å². The molecule has 27 heavy (non-hydrogen) atoms. The summed E-state index contributed by atoms with van der Waals surface area (Å²) in [4.78, 5) is 31.2. The van der Waals surface area contributed by atoms with E-state index in [2.05, 4.69) is 10.3 Å². The number of hydrogen-bond acceptors (Lipinski definition) is 5. The van der Waals surface area contributed by atoms with Gasteiger partial charge in [-0.25, -0.2) is 9.78 Å². The van der Waals surface area contributed by atoms with Gasteiger partial charge in [-0.3, -0.25) is 9.69 Å². The summed E-state index contributed by atoms with van der Waals surface area (Å²) in [6, 6.07) is 16.9. The molecule has 1 unspecified atom stereocenters. The highest BCUT2D eigenvalue weighted by Gasteiger charge is 2.33. The summed E-state index contributed by atoms with van der Waals surface area (Å²) in [5.41, 5.74) is 1.59. The van der Waals surface area contributed by atoms with Gasteiger partial charge in [-0.1, -0.05) is 36.4 Å². The van der Waals surface area contributed by atoms with Crippen LogP contribution in [0.4, 0.5) is 16.3 Å². The Balaban J connectivity index is 1.46. The second-order valence-electron chi connectivity index (χ2n) is 6.10. The first-order valence-electron chi connectivity index (χ1n) is 8.50. The van der Waals surface area contributed by atoms with E-state index >= 15 is 0 Å². The molecule has 1 aliphatic rings. The Morgan fingerprint density at radius 1 is 1.22 bits per heavy atom. The van der Waals surface area contributed by atoms with E-state index in [9.17, 15) is 9.59 Å². The third kappa shape index (κ3) is 3.98. The van der Waals surface area contributed by atoms with Crippen molar-refractivity contribution in [1.82, 2.24) is 4.98 Å². The predicted octanol–water partition coefficient (Wildman–Crippen LogP) is 4.02. The quantitative estimate of drug-likeness (QED) is 0.727. The number of thiophene rings is 1. The fraction of sp³-hybridized carbons (Fsp3) is 0.150. The van der Waals surface area contributed by atoms with Crippen LogP contribution >= 0.6 is 11.3 Å². The molecule has 2 aromatic heterocycles. The number of nitrogens with one attached hydrogen (secondary N) is 1. The van der Waals surface area contributed by atoms with Gasteiger partial charge in [-0.05, 0) is 23.1 Å². The second kappa shape index (κ2) is 7.59. The molecule has 3 heterocycles. The molecule has 1 N–H and O–H groups in total. The van der Waals surface area contributed by atoms with Crippen LogP contribution < -0.4 is 10.2 Å². The maximum Gasteiger partial charge on any atom is 0.415 e. The first-order valence-corrected chi connectivity index (χ1v) is 9.38. The normalized spacial score (nSPS) is 16.2. The summed E-state index contributed by atoms with van der Waals surface area (Å²) in [5, 5.41) is 4.71. The molecule has 0 spiro atoms. The molecule has 0 bridgehead atoms. The van der Waals surface area contributed by atoms with Crippen LogP contribution in [-0.2, 0) is 16.0 Å². The van der Waals surface area contributed by atoms with E-state index in [1.165, 1.54) is 11.3 Å². The van der Waals surface area contributed by atoms with Gasteiger partial charge in [-0.15, -0.1) is 11.3 Å². The number of amides is 2. The Hall–Kier alpha value is -3.19. The van der Waals surface area contributed by atoms with Crippen LogP contribution in [0, 0.1) is 0 Å². The van der Waals surface area contributed by atoms with Gasteiger partial charge in [-0.2, -0.15) is 0 Å². The largest absolute Gasteiger partial charge is 0.439 e. The average molecular weight is 379 g/mol. The van der Waals surface area contributed by atoms with Crippen LogP contribution in [0.2, 0.25) is 0 Å². The summed E-state index contributed by atoms with van der Waals surface area (Å²) in [7, 11) is 0. The number of carbonyl (C=O) groups is 2.